The zero-order valence-corrected chi connectivity index (χ0v) is 13.1. The van der Waals surface area contributed by atoms with Crippen molar-refractivity contribution in [1.29, 1.82) is 0 Å². The van der Waals surface area contributed by atoms with Crippen molar-refractivity contribution in [3.05, 3.63) is 36.4 Å². The first-order chi connectivity index (χ1) is 9.95. The van der Waals surface area contributed by atoms with Crippen LogP contribution in [0.2, 0.25) is 0 Å². The normalized spacial score (nSPS) is 21.3. The van der Waals surface area contributed by atoms with Gasteiger partial charge in [-0.05, 0) is 62.3 Å². The number of ether oxygens (including phenoxy) is 2. The van der Waals surface area contributed by atoms with Gasteiger partial charge in [-0.3, -0.25) is 0 Å². The Labute approximate surface area is 127 Å². The summed E-state index contributed by atoms with van der Waals surface area (Å²) >= 11 is 0. The third-order valence-corrected chi connectivity index (χ3v) is 4.05. The second-order valence-corrected chi connectivity index (χ2v) is 6.20. The second kappa shape index (κ2) is 6.79. The number of benzene rings is 1. The van der Waals surface area contributed by atoms with Crippen LogP contribution in [0.3, 0.4) is 0 Å². The first kappa shape index (κ1) is 15.6. The van der Waals surface area contributed by atoms with E-state index in [9.17, 15) is 4.79 Å². The standard InChI is InChI=1S/C18H24O3/c1-12(2)14-5-6-17(11-14)20-15-7-9-16(10-8-15)21-18(19)13(3)4/h7-10,12,14,17H,3,5-6,11H2,1-2,4H3. The number of rotatable bonds is 5. The Balaban J connectivity index is 1.88. The SMILES string of the molecule is C=C(C)C(=O)Oc1ccc(OC2CCC(C(C)C)C2)cc1. The Kier molecular flexibility index (Phi) is 5.05. The second-order valence-electron chi connectivity index (χ2n) is 6.20. The third kappa shape index (κ3) is 4.35. The van der Waals surface area contributed by atoms with E-state index in [4.69, 9.17) is 9.47 Å². The molecule has 1 aromatic carbocycles. The van der Waals surface area contributed by atoms with Crippen LogP contribution in [0.4, 0.5) is 0 Å². The molecule has 0 bridgehead atoms. The summed E-state index contributed by atoms with van der Waals surface area (Å²) in [5, 5.41) is 0. The highest BCUT2D eigenvalue weighted by atomic mass is 16.5. The zero-order chi connectivity index (χ0) is 15.4. The summed E-state index contributed by atoms with van der Waals surface area (Å²) in [5.74, 6) is 2.44. The van der Waals surface area contributed by atoms with Gasteiger partial charge in [-0.15, -0.1) is 0 Å². The summed E-state index contributed by atoms with van der Waals surface area (Å²) < 4.78 is 11.2. The minimum absolute atomic E-state index is 0.307. The van der Waals surface area contributed by atoms with Crippen LogP contribution in [-0.4, -0.2) is 12.1 Å². The van der Waals surface area contributed by atoms with Gasteiger partial charge in [-0.25, -0.2) is 4.79 Å². The smallest absolute Gasteiger partial charge is 0.338 e. The molecular weight excluding hydrogens is 264 g/mol. The Morgan fingerprint density at radius 2 is 1.81 bits per heavy atom. The summed E-state index contributed by atoms with van der Waals surface area (Å²) in [6.45, 7) is 9.74. The van der Waals surface area contributed by atoms with Crippen molar-refractivity contribution in [2.75, 3.05) is 0 Å². The van der Waals surface area contributed by atoms with Crippen LogP contribution in [0.15, 0.2) is 36.4 Å². The first-order valence-electron chi connectivity index (χ1n) is 7.60. The van der Waals surface area contributed by atoms with Crippen LogP contribution in [0.5, 0.6) is 11.5 Å². The maximum absolute atomic E-state index is 11.4. The molecule has 3 heteroatoms. The lowest BCUT2D eigenvalue weighted by atomic mass is 9.95. The van der Waals surface area contributed by atoms with E-state index in [1.165, 1.54) is 6.42 Å². The Hall–Kier alpha value is -1.77. The van der Waals surface area contributed by atoms with E-state index in [-0.39, 0.29) is 0 Å². The van der Waals surface area contributed by atoms with E-state index >= 15 is 0 Å². The van der Waals surface area contributed by atoms with Crippen molar-refractivity contribution in [2.45, 2.75) is 46.1 Å². The first-order valence-corrected chi connectivity index (χ1v) is 7.60. The van der Waals surface area contributed by atoms with Gasteiger partial charge in [-0.2, -0.15) is 0 Å². The largest absolute Gasteiger partial charge is 0.490 e. The van der Waals surface area contributed by atoms with Crippen molar-refractivity contribution in [2.24, 2.45) is 11.8 Å². The van der Waals surface area contributed by atoms with Gasteiger partial charge in [0.25, 0.3) is 0 Å². The minimum atomic E-state index is -0.403. The topological polar surface area (TPSA) is 35.5 Å². The zero-order valence-electron chi connectivity index (χ0n) is 13.1. The number of carbonyl (C=O) groups excluding carboxylic acids is 1. The molecule has 2 atom stereocenters. The van der Waals surface area contributed by atoms with Gasteiger partial charge in [0.2, 0.25) is 0 Å². The Morgan fingerprint density at radius 1 is 1.19 bits per heavy atom. The van der Waals surface area contributed by atoms with Gasteiger partial charge >= 0.3 is 5.97 Å². The van der Waals surface area contributed by atoms with Gasteiger partial charge < -0.3 is 9.47 Å². The van der Waals surface area contributed by atoms with Gasteiger partial charge in [0.15, 0.2) is 0 Å². The molecule has 0 N–H and O–H groups in total. The molecule has 1 fully saturated rings. The lowest BCUT2D eigenvalue weighted by Crippen LogP contribution is -2.13. The van der Waals surface area contributed by atoms with E-state index in [0.717, 1.165) is 30.4 Å². The molecule has 3 nitrogen and oxygen atoms in total. The molecule has 1 aromatic rings. The van der Waals surface area contributed by atoms with E-state index < -0.39 is 5.97 Å². The molecule has 0 amide bonds. The molecule has 0 radical (unpaired) electrons. The molecule has 1 aliphatic rings. The van der Waals surface area contributed by atoms with Crippen LogP contribution >= 0.6 is 0 Å². The van der Waals surface area contributed by atoms with Gasteiger partial charge in [0, 0.05) is 5.57 Å². The van der Waals surface area contributed by atoms with E-state index in [1.54, 1.807) is 19.1 Å². The maximum Gasteiger partial charge on any atom is 0.338 e. The molecule has 0 aliphatic heterocycles. The third-order valence-electron chi connectivity index (χ3n) is 4.05. The van der Waals surface area contributed by atoms with E-state index in [2.05, 4.69) is 20.4 Å². The summed E-state index contributed by atoms with van der Waals surface area (Å²) in [5.41, 5.74) is 0.390. The van der Waals surface area contributed by atoms with Crippen molar-refractivity contribution in [1.82, 2.24) is 0 Å². The molecule has 1 aliphatic carbocycles. The number of hydrogen-bond acceptors (Lipinski definition) is 3. The molecule has 2 rings (SSSR count). The summed E-state index contributed by atoms with van der Waals surface area (Å²) in [4.78, 5) is 11.4. The number of hydrogen-bond donors (Lipinski definition) is 0. The average Bonchev–Trinajstić information content (AvgIpc) is 2.89. The molecule has 1 saturated carbocycles. The van der Waals surface area contributed by atoms with Crippen LogP contribution in [-0.2, 0) is 4.79 Å². The van der Waals surface area contributed by atoms with Gasteiger partial charge in [0.05, 0.1) is 6.10 Å². The van der Waals surface area contributed by atoms with Crippen LogP contribution in [0, 0.1) is 11.8 Å². The molecule has 114 valence electrons. The maximum atomic E-state index is 11.4. The summed E-state index contributed by atoms with van der Waals surface area (Å²) in [7, 11) is 0. The predicted molar refractivity (Wildman–Crippen MR) is 83.5 cm³/mol. The molecule has 0 spiro atoms. The fourth-order valence-corrected chi connectivity index (χ4v) is 2.66. The van der Waals surface area contributed by atoms with Crippen LogP contribution in [0.1, 0.15) is 40.0 Å². The lowest BCUT2D eigenvalue weighted by Gasteiger charge is -2.16. The quantitative estimate of drug-likeness (QED) is 0.458. The summed E-state index contributed by atoms with van der Waals surface area (Å²) in [6.07, 6.45) is 3.80. The predicted octanol–water partition coefficient (Wildman–Crippen LogP) is 4.37. The highest BCUT2D eigenvalue weighted by Gasteiger charge is 2.27. The minimum Gasteiger partial charge on any atom is -0.490 e. The Bertz CT molecular complexity index is 502. The number of carbonyl (C=O) groups is 1. The van der Waals surface area contributed by atoms with E-state index in [1.807, 2.05) is 12.1 Å². The van der Waals surface area contributed by atoms with Crippen molar-refractivity contribution in [3.8, 4) is 11.5 Å². The molecule has 0 saturated heterocycles. The van der Waals surface area contributed by atoms with Crippen molar-refractivity contribution < 1.29 is 14.3 Å². The fourth-order valence-electron chi connectivity index (χ4n) is 2.66. The molecule has 2 unspecified atom stereocenters. The van der Waals surface area contributed by atoms with E-state index in [0.29, 0.717) is 17.4 Å². The summed E-state index contributed by atoms with van der Waals surface area (Å²) in [6, 6.07) is 7.21. The molecular formula is C18H24O3. The van der Waals surface area contributed by atoms with Gasteiger partial charge in [0.1, 0.15) is 11.5 Å². The van der Waals surface area contributed by atoms with Crippen LogP contribution < -0.4 is 9.47 Å². The average molecular weight is 288 g/mol. The molecule has 21 heavy (non-hydrogen) atoms. The van der Waals surface area contributed by atoms with Crippen molar-refractivity contribution in [3.63, 3.8) is 0 Å². The highest BCUT2D eigenvalue weighted by Crippen LogP contribution is 2.34. The molecule has 0 heterocycles. The Morgan fingerprint density at radius 3 is 2.33 bits per heavy atom. The number of esters is 1. The lowest BCUT2D eigenvalue weighted by molar-refractivity contribution is -0.130. The van der Waals surface area contributed by atoms with Gasteiger partial charge in [-0.1, -0.05) is 20.4 Å². The van der Waals surface area contributed by atoms with Crippen LogP contribution in [0.25, 0.3) is 0 Å². The van der Waals surface area contributed by atoms with Crippen molar-refractivity contribution >= 4 is 5.97 Å². The molecule has 0 aromatic heterocycles. The fraction of sp³-hybridized carbons (Fsp3) is 0.500. The monoisotopic (exact) mass is 288 g/mol. The highest BCUT2D eigenvalue weighted by molar-refractivity contribution is 5.88.